The first-order chi connectivity index (χ1) is 6.72. The highest BCUT2D eigenvalue weighted by Crippen LogP contribution is 2.17. The quantitative estimate of drug-likeness (QED) is 0.503. The van der Waals surface area contributed by atoms with Gasteiger partial charge in [-0.15, -0.1) is 0 Å². The van der Waals surface area contributed by atoms with Gasteiger partial charge in [0.05, 0.1) is 6.10 Å². The first-order valence-electron chi connectivity index (χ1n) is 5.09. The molecule has 2 unspecified atom stereocenters. The van der Waals surface area contributed by atoms with Crippen LogP contribution in [0.2, 0.25) is 0 Å². The summed E-state index contributed by atoms with van der Waals surface area (Å²) in [4.78, 5) is 10.8. The number of allylic oxidation sites excluding steroid dienone is 1. The maximum Gasteiger partial charge on any atom is 0.303 e. The number of carbonyl (C=O) groups excluding carboxylic acids is 1. The molecule has 1 aliphatic carbocycles. The van der Waals surface area contributed by atoms with E-state index < -0.39 is 0 Å². The molecule has 1 aliphatic rings. The van der Waals surface area contributed by atoms with Crippen molar-refractivity contribution < 1.29 is 14.3 Å². The van der Waals surface area contributed by atoms with E-state index in [0.717, 1.165) is 25.7 Å². The first kappa shape index (κ1) is 11.2. The number of rotatable bonds is 2. The van der Waals surface area contributed by atoms with Crippen LogP contribution in [0.15, 0.2) is 12.2 Å². The third-order valence-corrected chi connectivity index (χ3v) is 2.43. The Labute approximate surface area is 85.1 Å². The third kappa shape index (κ3) is 3.92. The molecule has 2 atom stereocenters. The van der Waals surface area contributed by atoms with Crippen LogP contribution < -0.4 is 0 Å². The van der Waals surface area contributed by atoms with Crippen molar-refractivity contribution in [3.8, 4) is 0 Å². The van der Waals surface area contributed by atoms with E-state index in [0.29, 0.717) is 6.10 Å². The van der Waals surface area contributed by atoms with Gasteiger partial charge in [-0.2, -0.15) is 0 Å². The Morgan fingerprint density at radius 3 is 2.79 bits per heavy atom. The molecule has 0 aliphatic heterocycles. The van der Waals surface area contributed by atoms with E-state index in [1.807, 2.05) is 6.08 Å². The number of ether oxygens (including phenoxy) is 2. The standard InChI is InChI=1S/C11H18O3/c1-9(12)14-11-6-4-3-5-10(13-2)7-8-11/h4,6,10-11H,3,5,7-8H2,1-2H3/b6-4+. The lowest BCUT2D eigenvalue weighted by molar-refractivity contribution is -0.144. The topological polar surface area (TPSA) is 35.5 Å². The smallest absolute Gasteiger partial charge is 0.303 e. The van der Waals surface area contributed by atoms with E-state index in [9.17, 15) is 4.79 Å². The average Bonchev–Trinajstić information content (AvgIpc) is 2.10. The van der Waals surface area contributed by atoms with Crippen LogP contribution in [0.25, 0.3) is 0 Å². The van der Waals surface area contributed by atoms with Gasteiger partial charge in [0.2, 0.25) is 0 Å². The van der Waals surface area contributed by atoms with Crippen LogP contribution in [0.5, 0.6) is 0 Å². The number of hydrogen-bond acceptors (Lipinski definition) is 3. The summed E-state index contributed by atoms with van der Waals surface area (Å²) in [5.41, 5.74) is 0. The van der Waals surface area contributed by atoms with E-state index in [-0.39, 0.29) is 12.1 Å². The van der Waals surface area contributed by atoms with Gasteiger partial charge in [0.25, 0.3) is 0 Å². The van der Waals surface area contributed by atoms with Crippen LogP contribution in [0, 0.1) is 0 Å². The molecule has 14 heavy (non-hydrogen) atoms. The molecule has 0 saturated heterocycles. The van der Waals surface area contributed by atoms with Crippen LogP contribution >= 0.6 is 0 Å². The van der Waals surface area contributed by atoms with Crippen molar-refractivity contribution in [3.63, 3.8) is 0 Å². The summed E-state index contributed by atoms with van der Waals surface area (Å²) >= 11 is 0. The first-order valence-corrected chi connectivity index (χ1v) is 5.09. The summed E-state index contributed by atoms with van der Waals surface area (Å²) in [6.45, 7) is 1.44. The van der Waals surface area contributed by atoms with Gasteiger partial charge in [-0.05, 0) is 31.8 Å². The Balaban J connectivity index is 2.44. The second kappa shape index (κ2) is 5.81. The maximum absolute atomic E-state index is 10.8. The average molecular weight is 198 g/mol. The molecule has 0 saturated carbocycles. The van der Waals surface area contributed by atoms with Gasteiger partial charge in [-0.1, -0.05) is 6.08 Å². The van der Waals surface area contributed by atoms with Gasteiger partial charge < -0.3 is 9.47 Å². The molecule has 0 amide bonds. The second-order valence-electron chi connectivity index (χ2n) is 3.59. The molecular weight excluding hydrogens is 180 g/mol. The zero-order valence-corrected chi connectivity index (χ0v) is 8.86. The lowest BCUT2D eigenvalue weighted by Crippen LogP contribution is -2.20. The van der Waals surface area contributed by atoms with Crippen LogP contribution in [0.1, 0.15) is 32.6 Å². The van der Waals surface area contributed by atoms with Gasteiger partial charge in [-0.3, -0.25) is 4.79 Å². The Morgan fingerprint density at radius 1 is 1.36 bits per heavy atom. The number of methoxy groups -OCH3 is 1. The number of esters is 1. The Bertz CT molecular complexity index is 211. The van der Waals surface area contributed by atoms with Gasteiger partial charge >= 0.3 is 5.97 Å². The highest BCUT2D eigenvalue weighted by atomic mass is 16.5. The molecule has 80 valence electrons. The molecule has 0 spiro atoms. The summed E-state index contributed by atoms with van der Waals surface area (Å²) in [6, 6.07) is 0. The summed E-state index contributed by atoms with van der Waals surface area (Å²) in [5.74, 6) is -0.214. The summed E-state index contributed by atoms with van der Waals surface area (Å²) in [7, 11) is 1.73. The largest absolute Gasteiger partial charge is 0.458 e. The second-order valence-corrected chi connectivity index (χ2v) is 3.59. The van der Waals surface area contributed by atoms with Gasteiger partial charge in [0.15, 0.2) is 0 Å². The SMILES string of the molecule is COC1CC/C=C/C(OC(C)=O)CC1. The van der Waals surface area contributed by atoms with Crippen molar-refractivity contribution in [1.29, 1.82) is 0 Å². The molecule has 0 aromatic heterocycles. The Kier molecular flexibility index (Phi) is 4.66. The van der Waals surface area contributed by atoms with E-state index in [1.54, 1.807) is 7.11 Å². The van der Waals surface area contributed by atoms with E-state index in [1.165, 1.54) is 6.92 Å². The fourth-order valence-electron chi connectivity index (χ4n) is 1.67. The predicted octanol–water partition coefficient (Wildman–Crippen LogP) is 2.06. The minimum absolute atomic E-state index is 0.0644. The molecule has 1 rings (SSSR count). The molecule has 0 aromatic carbocycles. The molecule has 3 heteroatoms. The minimum atomic E-state index is -0.214. The maximum atomic E-state index is 10.8. The highest BCUT2D eigenvalue weighted by Gasteiger charge is 2.15. The van der Waals surface area contributed by atoms with Crippen molar-refractivity contribution in [2.45, 2.75) is 44.8 Å². The van der Waals surface area contributed by atoms with Crippen LogP contribution in [-0.2, 0) is 14.3 Å². The monoisotopic (exact) mass is 198 g/mol. The summed E-state index contributed by atoms with van der Waals surface area (Å²) in [6.07, 6.45) is 8.15. The minimum Gasteiger partial charge on any atom is -0.458 e. The van der Waals surface area contributed by atoms with Gasteiger partial charge in [0, 0.05) is 14.0 Å². The fourth-order valence-corrected chi connectivity index (χ4v) is 1.67. The van der Waals surface area contributed by atoms with Gasteiger partial charge in [0.1, 0.15) is 6.10 Å². The van der Waals surface area contributed by atoms with Crippen molar-refractivity contribution in [2.24, 2.45) is 0 Å². The zero-order valence-electron chi connectivity index (χ0n) is 8.86. The lowest BCUT2D eigenvalue weighted by atomic mass is 10.0. The number of hydrogen-bond donors (Lipinski definition) is 0. The predicted molar refractivity (Wildman–Crippen MR) is 54.0 cm³/mol. The molecule has 0 bridgehead atoms. The molecule has 0 aromatic rings. The summed E-state index contributed by atoms with van der Waals surface area (Å²) < 4.78 is 10.4. The Morgan fingerprint density at radius 2 is 2.14 bits per heavy atom. The van der Waals surface area contributed by atoms with E-state index >= 15 is 0 Å². The molecule has 0 heterocycles. The highest BCUT2D eigenvalue weighted by molar-refractivity contribution is 5.66. The van der Waals surface area contributed by atoms with Gasteiger partial charge in [-0.25, -0.2) is 0 Å². The van der Waals surface area contributed by atoms with Crippen LogP contribution in [0.4, 0.5) is 0 Å². The molecule has 0 N–H and O–H groups in total. The van der Waals surface area contributed by atoms with Crippen molar-refractivity contribution in [3.05, 3.63) is 12.2 Å². The zero-order chi connectivity index (χ0) is 10.4. The van der Waals surface area contributed by atoms with E-state index in [4.69, 9.17) is 9.47 Å². The van der Waals surface area contributed by atoms with Crippen molar-refractivity contribution >= 4 is 5.97 Å². The van der Waals surface area contributed by atoms with Crippen LogP contribution in [-0.4, -0.2) is 25.3 Å². The fraction of sp³-hybridized carbons (Fsp3) is 0.727. The third-order valence-electron chi connectivity index (χ3n) is 2.43. The van der Waals surface area contributed by atoms with Crippen LogP contribution in [0.3, 0.4) is 0 Å². The Hall–Kier alpha value is -0.830. The molecule has 0 radical (unpaired) electrons. The van der Waals surface area contributed by atoms with Crippen molar-refractivity contribution in [1.82, 2.24) is 0 Å². The van der Waals surface area contributed by atoms with E-state index in [2.05, 4.69) is 6.08 Å². The van der Waals surface area contributed by atoms with Crippen molar-refractivity contribution in [2.75, 3.05) is 7.11 Å². The molecule has 0 fully saturated rings. The molecular formula is C11H18O3. The number of carbonyl (C=O) groups is 1. The normalized spacial score (nSPS) is 30.1. The molecule has 3 nitrogen and oxygen atoms in total. The lowest BCUT2D eigenvalue weighted by Gasteiger charge is -2.20. The summed E-state index contributed by atoms with van der Waals surface area (Å²) in [5, 5.41) is 0.